The first-order valence-corrected chi connectivity index (χ1v) is 5.69. The molecular weight excluding hydrogens is 226 g/mol. The number of para-hydroxylation sites is 1. The number of phenolic OH excluding ortho intramolecular Hbond substituents is 1. The van der Waals surface area contributed by atoms with Crippen LogP contribution in [-0.4, -0.2) is 15.1 Å². The number of anilines is 1. The zero-order chi connectivity index (χ0) is 12.7. The zero-order valence-corrected chi connectivity index (χ0v) is 9.94. The summed E-state index contributed by atoms with van der Waals surface area (Å²) < 4.78 is 0. The summed E-state index contributed by atoms with van der Waals surface area (Å²) in [7, 11) is 0. The van der Waals surface area contributed by atoms with Gasteiger partial charge in [0.1, 0.15) is 11.6 Å². The van der Waals surface area contributed by atoms with E-state index in [0.717, 1.165) is 28.0 Å². The van der Waals surface area contributed by atoms with Crippen LogP contribution >= 0.6 is 0 Å². The van der Waals surface area contributed by atoms with E-state index in [1.807, 2.05) is 31.2 Å². The second kappa shape index (κ2) is 3.77. The van der Waals surface area contributed by atoms with Crippen molar-refractivity contribution in [2.45, 2.75) is 6.92 Å². The van der Waals surface area contributed by atoms with Crippen LogP contribution in [0.5, 0.6) is 5.75 Å². The summed E-state index contributed by atoms with van der Waals surface area (Å²) in [5, 5.41) is 9.62. The van der Waals surface area contributed by atoms with Gasteiger partial charge in [-0.2, -0.15) is 0 Å². The van der Waals surface area contributed by atoms with E-state index < -0.39 is 0 Å². The average molecular weight is 239 g/mol. The van der Waals surface area contributed by atoms with E-state index in [2.05, 4.69) is 9.97 Å². The molecule has 0 amide bonds. The number of rotatable bonds is 1. The van der Waals surface area contributed by atoms with E-state index in [9.17, 15) is 5.11 Å². The number of nitrogens with zero attached hydrogens (tertiary/aromatic N) is 1. The second-order valence-electron chi connectivity index (χ2n) is 4.33. The van der Waals surface area contributed by atoms with Crippen molar-refractivity contribution in [2.24, 2.45) is 0 Å². The summed E-state index contributed by atoms with van der Waals surface area (Å²) in [5.74, 6) is 0.805. The molecule has 2 aromatic carbocycles. The van der Waals surface area contributed by atoms with Crippen molar-refractivity contribution in [3.63, 3.8) is 0 Å². The van der Waals surface area contributed by atoms with Crippen LogP contribution in [0.4, 0.5) is 5.69 Å². The Labute approximate surface area is 104 Å². The third-order valence-corrected chi connectivity index (χ3v) is 3.02. The molecule has 0 saturated heterocycles. The summed E-state index contributed by atoms with van der Waals surface area (Å²) in [6.07, 6.45) is 0. The Balaban J connectivity index is 2.19. The molecule has 0 fully saturated rings. The molecule has 1 aromatic heterocycles. The molecule has 3 aromatic rings. The lowest BCUT2D eigenvalue weighted by atomic mass is 10.2. The highest BCUT2D eigenvalue weighted by molar-refractivity contribution is 5.82. The first-order chi connectivity index (χ1) is 8.65. The minimum Gasteiger partial charge on any atom is -0.506 e. The Bertz CT molecular complexity index is 731. The second-order valence-corrected chi connectivity index (χ2v) is 4.33. The third kappa shape index (κ3) is 1.59. The van der Waals surface area contributed by atoms with Crippen LogP contribution < -0.4 is 5.73 Å². The van der Waals surface area contributed by atoms with E-state index in [-0.39, 0.29) is 5.75 Å². The van der Waals surface area contributed by atoms with Crippen molar-refractivity contribution in [1.29, 1.82) is 0 Å². The SMILES string of the molecule is Cc1cccc2[nH]c(-c3ccc(N)c(O)c3)nc12. The van der Waals surface area contributed by atoms with Gasteiger partial charge in [0.05, 0.1) is 16.7 Å². The minimum absolute atomic E-state index is 0.0738. The Morgan fingerprint density at radius 3 is 2.78 bits per heavy atom. The average Bonchev–Trinajstić information content (AvgIpc) is 2.78. The number of aryl methyl sites for hydroxylation is 1. The fourth-order valence-corrected chi connectivity index (χ4v) is 2.00. The number of imidazole rings is 1. The van der Waals surface area contributed by atoms with Crippen LogP contribution in [0.2, 0.25) is 0 Å². The molecule has 4 N–H and O–H groups in total. The fourth-order valence-electron chi connectivity index (χ4n) is 2.00. The number of aromatic nitrogens is 2. The topological polar surface area (TPSA) is 74.9 Å². The highest BCUT2D eigenvalue weighted by atomic mass is 16.3. The van der Waals surface area contributed by atoms with Crippen LogP contribution in [0.15, 0.2) is 36.4 Å². The van der Waals surface area contributed by atoms with Gasteiger partial charge in [-0.05, 0) is 36.8 Å². The quantitative estimate of drug-likeness (QED) is 0.451. The lowest BCUT2D eigenvalue weighted by Gasteiger charge is -2.00. The van der Waals surface area contributed by atoms with Gasteiger partial charge in [0.25, 0.3) is 0 Å². The molecule has 4 nitrogen and oxygen atoms in total. The number of nitrogens with one attached hydrogen (secondary N) is 1. The van der Waals surface area contributed by atoms with Gasteiger partial charge in [-0.3, -0.25) is 0 Å². The Morgan fingerprint density at radius 2 is 2.06 bits per heavy atom. The largest absolute Gasteiger partial charge is 0.506 e. The van der Waals surface area contributed by atoms with Gasteiger partial charge in [0, 0.05) is 5.56 Å². The van der Waals surface area contributed by atoms with Crippen LogP contribution in [0.25, 0.3) is 22.4 Å². The maximum atomic E-state index is 9.62. The number of aromatic amines is 1. The lowest BCUT2D eigenvalue weighted by molar-refractivity contribution is 0.478. The van der Waals surface area contributed by atoms with E-state index in [1.54, 1.807) is 12.1 Å². The maximum absolute atomic E-state index is 9.62. The standard InChI is InChI=1S/C14H13N3O/c1-8-3-2-4-11-13(8)17-14(16-11)9-5-6-10(15)12(18)7-9/h2-7,18H,15H2,1H3,(H,16,17). The number of aromatic hydroxyl groups is 1. The number of benzene rings is 2. The molecule has 4 heteroatoms. The van der Waals surface area contributed by atoms with Crippen molar-refractivity contribution in [3.05, 3.63) is 42.0 Å². The van der Waals surface area contributed by atoms with E-state index in [1.165, 1.54) is 0 Å². The highest BCUT2D eigenvalue weighted by Gasteiger charge is 2.08. The Morgan fingerprint density at radius 1 is 1.22 bits per heavy atom. The first kappa shape index (κ1) is 10.7. The van der Waals surface area contributed by atoms with Gasteiger partial charge in [0.15, 0.2) is 0 Å². The van der Waals surface area contributed by atoms with Gasteiger partial charge >= 0.3 is 0 Å². The fraction of sp³-hybridized carbons (Fsp3) is 0.0714. The lowest BCUT2D eigenvalue weighted by Crippen LogP contribution is -1.86. The minimum atomic E-state index is 0.0738. The predicted octanol–water partition coefficient (Wildman–Crippen LogP) is 2.83. The molecule has 0 radical (unpaired) electrons. The van der Waals surface area contributed by atoms with Gasteiger partial charge < -0.3 is 15.8 Å². The first-order valence-electron chi connectivity index (χ1n) is 5.69. The Hall–Kier alpha value is -2.49. The van der Waals surface area contributed by atoms with Gasteiger partial charge in [-0.1, -0.05) is 12.1 Å². The molecule has 0 aliphatic carbocycles. The molecule has 18 heavy (non-hydrogen) atoms. The molecule has 0 aliphatic rings. The van der Waals surface area contributed by atoms with Crippen molar-refractivity contribution >= 4 is 16.7 Å². The summed E-state index contributed by atoms with van der Waals surface area (Å²) in [5.41, 5.74) is 9.82. The molecule has 0 atom stereocenters. The highest BCUT2D eigenvalue weighted by Crippen LogP contribution is 2.28. The number of fused-ring (bicyclic) bond motifs is 1. The number of nitrogen functional groups attached to an aromatic ring is 1. The summed E-state index contributed by atoms with van der Waals surface area (Å²) in [6, 6.07) is 11.1. The van der Waals surface area contributed by atoms with Crippen molar-refractivity contribution in [3.8, 4) is 17.1 Å². The van der Waals surface area contributed by atoms with Gasteiger partial charge in [-0.25, -0.2) is 4.98 Å². The van der Waals surface area contributed by atoms with E-state index in [0.29, 0.717) is 5.69 Å². The number of H-pyrrole nitrogens is 1. The number of hydrogen-bond donors (Lipinski definition) is 3. The normalized spacial score (nSPS) is 10.9. The van der Waals surface area contributed by atoms with Crippen molar-refractivity contribution in [1.82, 2.24) is 9.97 Å². The molecule has 0 saturated carbocycles. The summed E-state index contributed by atoms with van der Waals surface area (Å²) in [4.78, 5) is 7.78. The van der Waals surface area contributed by atoms with E-state index in [4.69, 9.17) is 5.73 Å². The van der Waals surface area contributed by atoms with Gasteiger partial charge in [0.2, 0.25) is 0 Å². The summed E-state index contributed by atoms with van der Waals surface area (Å²) in [6.45, 7) is 2.02. The monoisotopic (exact) mass is 239 g/mol. The molecule has 0 bridgehead atoms. The van der Waals surface area contributed by atoms with E-state index >= 15 is 0 Å². The summed E-state index contributed by atoms with van der Waals surface area (Å²) >= 11 is 0. The predicted molar refractivity (Wildman–Crippen MR) is 72.3 cm³/mol. The molecule has 90 valence electrons. The number of nitrogens with two attached hydrogens (primary N) is 1. The van der Waals surface area contributed by atoms with Crippen LogP contribution in [0.3, 0.4) is 0 Å². The molecule has 1 heterocycles. The molecule has 3 rings (SSSR count). The smallest absolute Gasteiger partial charge is 0.139 e. The third-order valence-electron chi connectivity index (χ3n) is 3.02. The zero-order valence-electron chi connectivity index (χ0n) is 9.94. The maximum Gasteiger partial charge on any atom is 0.139 e. The molecule has 0 spiro atoms. The number of phenols is 1. The van der Waals surface area contributed by atoms with Crippen molar-refractivity contribution in [2.75, 3.05) is 5.73 Å². The Kier molecular flexibility index (Phi) is 2.23. The van der Waals surface area contributed by atoms with Crippen LogP contribution in [0, 0.1) is 6.92 Å². The number of hydrogen-bond acceptors (Lipinski definition) is 3. The van der Waals surface area contributed by atoms with Crippen LogP contribution in [0.1, 0.15) is 5.56 Å². The molecule has 0 unspecified atom stereocenters. The van der Waals surface area contributed by atoms with Crippen molar-refractivity contribution < 1.29 is 5.11 Å². The van der Waals surface area contributed by atoms with Gasteiger partial charge in [-0.15, -0.1) is 0 Å². The van der Waals surface area contributed by atoms with Crippen LogP contribution in [-0.2, 0) is 0 Å². The molecule has 0 aliphatic heterocycles. The molecular formula is C14H13N3O.